The molecule has 78 valence electrons. The third kappa shape index (κ3) is 1.55. The first-order valence-corrected chi connectivity index (χ1v) is 5.93. The molecule has 1 aliphatic rings. The van der Waals surface area contributed by atoms with Crippen molar-refractivity contribution in [3.8, 4) is 0 Å². The molecule has 0 spiro atoms. The van der Waals surface area contributed by atoms with Gasteiger partial charge in [-0.2, -0.15) is 12.7 Å². The fourth-order valence-corrected chi connectivity index (χ4v) is 2.70. The van der Waals surface area contributed by atoms with Crippen molar-refractivity contribution in [2.45, 2.75) is 18.9 Å². The number of nitrogens with zero attached hydrogens (tertiary/aromatic N) is 3. The lowest BCUT2D eigenvalue weighted by Crippen LogP contribution is -2.34. The molecule has 0 bridgehead atoms. The Morgan fingerprint density at radius 2 is 2.14 bits per heavy atom. The summed E-state index contributed by atoms with van der Waals surface area (Å²) in [6.45, 7) is 0. The average Bonchev–Trinajstić information content (AvgIpc) is 2.87. The van der Waals surface area contributed by atoms with Gasteiger partial charge in [0.25, 0.3) is 6.33 Å². The van der Waals surface area contributed by atoms with Gasteiger partial charge in [-0.15, -0.1) is 3.97 Å². The largest absolute Gasteiger partial charge is 0.379 e. The van der Waals surface area contributed by atoms with Crippen LogP contribution in [0.2, 0.25) is 0 Å². The molecule has 0 saturated heterocycles. The number of aryl methyl sites for hydroxylation is 1. The molecule has 0 aromatic carbocycles. The van der Waals surface area contributed by atoms with Crippen LogP contribution in [0.1, 0.15) is 12.8 Å². The lowest BCUT2D eigenvalue weighted by atomic mass is 10.7. The Bertz CT molecular complexity index is 433. The Kier molecular flexibility index (Phi) is 2.11. The van der Waals surface area contributed by atoms with Crippen molar-refractivity contribution in [1.82, 2.24) is 8.28 Å². The molecule has 1 heterocycles. The summed E-state index contributed by atoms with van der Waals surface area (Å²) in [5.41, 5.74) is 0. The molecular formula is C8H14N3O2S+. The molecule has 0 atom stereocenters. The number of rotatable bonds is 3. The van der Waals surface area contributed by atoms with E-state index in [1.54, 1.807) is 37.4 Å². The molecule has 0 radical (unpaired) electrons. The molecule has 1 aromatic heterocycles. The Morgan fingerprint density at radius 1 is 1.50 bits per heavy atom. The van der Waals surface area contributed by atoms with Crippen molar-refractivity contribution in [3.05, 3.63) is 18.7 Å². The second-order valence-electron chi connectivity index (χ2n) is 3.66. The van der Waals surface area contributed by atoms with Crippen LogP contribution >= 0.6 is 0 Å². The van der Waals surface area contributed by atoms with Crippen LogP contribution in [0.15, 0.2) is 18.7 Å². The van der Waals surface area contributed by atoms with Crippen molar-refractivity contribution in [2.24, 2.45) is 7.05 Å². The van der Waals surface area contributed by atoms with Crippen molar-refractivity contribution < 1.29 is 13.0 Å². The van der Waals surface area contributed by atoms with Gasteiger partial charge in [-0.05, 0) is 12.8 Å². The summed E-state index contributed by atoms with van der Waals surface area (Å²) >= 11 is 0. The van der Waals surface area contributed by atoms with Crippen molar-refractivity contribution in [1.29, 1.82) is 0 Å². The van der Waals surface area contributed by atoms with E-state index in [-0.39, 0.29) is 6.04 Å². The smallest absolute Gasteiger partial charge is 0.238 e. The van der Waals surface area contributed by atoms with Crippen molar-refractivity contribution in [2.75, 3.05) is 7.05 Å². The maximum Gasteiger partial charge on any atom is 0.379 e. The summed E-state index contributed by atoms with van der Waals surface area (Å²) in [6.07, 6.45) is 6.76. The summed E-state index contributed by atoms with van der Waals surface area (Å²) in [5.74, 6) is 0. The maximum absolute atomic E-state index is 11.9. The van der Waals surface area contributed by atoms with E-state index in [9.17, 15) is 8.42 Å². The average molecular weight is 216 g/mol. The van der Waals surface area contributed by atoms with Crippen molar-refractivity contribution in [3.63, 3.8) is 0 Å². The number of imidazole rings is 1. The Morgan fingerprint density at radius 3 is 2.57 bits per heavy atom. The predicted molar refractivity (Wildman–Crippen MR) is 50.7 cm³/mol. The molecule has 5 nitrogen and oxygen atoms in total. The fourth-order valence-electron chi connectivity index (χ4n) is 1.34. The van der Waals surface area contributed by atoms with E-state index in [1.165, 1.54) is 8.28 Å². The highest BCUT2D eigenvalue weighted by Gasteiger charge is 2.37. The van der Waals surface area contributed by atoms with Gasteiger partial charge in [-0.3, -0.25) is 0 Å². The molecule has 2 rings (SSSR count). The zero-order chi connectivity index (χ0) is 10.3. The van der Waals surface area contributed by atoms with Crippen LogP contribution in [0.25, 0.3) is 0 Å². The highest BCUT2D eigenvalue weighted by atomic mass is 32.2. The van der Waals surface area contributed by atoms with Gasteiger partial charge in [0.1, 0.15) is 12.4 Å². The second kappa shape index (κ2) is 3.06. The molecular weight excluding hydrogens is 202 g/mol. The van der Waals surface area contributed by atoms with Gasteiger partial charge in [0.05, 0.1) is 7.05 Å². The van der Waals surface area contributed by atoms with Crippen LogP contribution in [0.5, 0.6) is 0 Å². The van der Waals surface area contributed by atoms with E-state index < -0.39 is 10.2 Å². The first-order valence-electron chi connectivity index (χ1n) is 4.53. The lowest BCUT2D eigenvalue weighted by molar-refractivity contribution is -0.670. The third-order valence-corrected chi connectivity index (χ3v) is 4.21. The molecule has 14 heavy (non-hydrogen) atoms. The zero-order valence-corrected chi connectivity index (χ0v) is 9.11. The molecule has 1 fully saturated rings. The van der Waals surface area contributed by atoms with E-state index in [0.29, 0.717) is 0 Å². The Hall–Kier alpha value is -0.880. The molecule has 0 N–H and O–H groups in total. The molecule has 0 aliphatic heterocycles. The van der Waals surface area contributed by atoms with Gasteiger partial charge in [0.15, 0.2) is 0 Å². The quantitative estimate of drug-likeness (QED) is 0.639. The monoisotopic (exact) mass is 216 g/mol. The van der Waals surface area contributed by atoms with E-state index in [0.717, 1.165) is 12.8 Å². The number of aromatic nitrogens is 2. The van der Waals surface area contributed by atoms with Crippen LogP contribution < -0.4 is 4.57 Å². The number of hydrogen-bond donors (Lipinski definition) is 0. The Labute approximate surface area is 83.8 Å². The summed E-state index contributed by atoms with van der Waals surface area (Å²) in [7, 11) is 0.101. The van der Waals surface area contributed by atoms with Crippen LogP contribution in [0.3, 0.4) is 0 Å². The molecule has 1 aliphatic carbocycles. The Balaban J connectivity index is 2.31. The fraction of sp³-hybridized carbons (Fsp3) is 0.625. The van der Waals surface area contributed by atoms with Gasteiger partial charge < -0.3 is 0 Å². The van der Waals surface area contributed by atoms with Gasteiger partial charge >= 0.3 is 10.2 Å². The summed E-state index contributed by atoms with van der Waals surface area (Å²) < 4.78 is 28.2. The molecule has 6 heteroatoms. The van der Waals surface area contributed by atoms with E-state index in [4.69, 9.17) is 0 Å². The molecule has 1 saturated carbocycles. The maximum atomic E-state index is 11.9. The van der Waals surface area contributed by atoms with Gasteiger partial charge in [0.2, 0.25) is 0 Å². The predicted octanol–water partition coefficient (Wildman–Crippen LogP) is -0.500. The topological polar surface area (TPSA) is 46.2 Å². The van der Waals surface area contributed by atoms with Gasteiger partial charge in [0, 0.05) is 13.1 Å². The van der Waals surface area contributed by atoms with Crippen LogP contribution in [-0.2, 0) is 17.3 Å². The highest BCUT2D eigenvalue weighted by molar-refractivity contribution is 7.87. The molecule has 0 unspecified atom stereocenters. The standard InChI is InChI=1S/C8H14N3O2S/c1-9-5-6-11(7-9)14(12,13)10(2)8-3-4-8/h5-8H,3-4H2,1-2H3/q+1. The SMILES string of the molecule is CN(C1CC1)S(=O)(=O)n1cc[n+](C)c1. The van der Waals surface area contributed by atoms with Crippen LogP contribution in [-0.4, -0.2) is 29.8 Å². The normalized spacial score (nSPS) is 17.6. The zero-order valence-electron chi connectivity index (χ0n) is 8.29. The number of hydrogen-bond acceptors (Lipinski definition) is 2. The van der Waals surface area contributed by atoms with E-state index >= 15 is 0 Å². The summed E-state index contributed by atoms with van der Waals surface area (Å²) in [5, 5.41) is 0. The second-order valence-corrected chi connectivity index (χ2v) is 5.56. The first-order chi connectivity index (χ1) is 6.51. The summed E-state index contributed by atoms with van der Waals surface area (Å²) in [4.78, 5) is 0. The van der Waals surface area contributed by atoms with E-state index in [2.05, 4.69) is 0 Å². The van der Waals surface area contributed by atoms with Gasteiger partial charge in [-0.1, -0.05) is 0 Å². The summed E-state index contributed by atoms with van der Waals surface area (Å²) in [6, 6.07) is 0.202. The highest BCUT2D eigenvalue weighted by Crippen LogP contribution is 2.27. The van der Waals surface area contributed by atoms with Crippen LogP contribution in [0.4, 0.5) is 0 Å². The minimum Gasteiger partial charge on any atom is -0.238 e. The minimum atomic E-state index is -3.33. The van der Waals surface area contributed by atoms with Crippen LogP contribution in [0, 0.1) is 0 Å². The lowest BCUT2D eigenvalue weighted by Gasteiger charge is -2.11. The molecule has 0 amide bonds. The first kappa shape index (κ1) is 9.67. The van der Waals surface area contributed by atoms with Gasteiger partial charge in [-0.25, -0.2) is 4.57 Å². The van der Waals surface area contributed by atoms with Crippen molar-refractivity contribution >= 4 is 10.2 Å². The molecule has 1 aromatic rings. The third-order valence-electron chi connectivity index (χ3n) is 2.44. The minimum absolute atomic E-state index is 0.202. The van der Waals surface area contributed by atoms with E-state index in [1.807, 2.05) is 0 Å².